The molecule has 0 atom stereocenters. The average Bonchev–Trinajstić information content (AvgIpc) is 3.33. The number of hydrogen-bond acceptors (Lipinski definition) is 7. The van der Waals surface area contributed by atoms with Crippen molar-refractivity contribution in [2.45, 2.75) is 13.8 Å². The summed E-state index contributed by atoms with van der Waals surface area (Å²) in [4.78, 5) is 16.0. The van der Waals surface area contributed by atoms with Gasteiger partial charge in [0.1, 0.15) is 5.52 Å². The number of ether oxygens (including phenoxy) is 1. The molecular weight excluding hydrogens is 440 g/mol. The molecule has 1 fully saturated rings. The summed E-state index contributed by atoms with van der Waals surface area (Å²) in [5.41, 5.74) is 6.38. The molecule has 0 saturated carbocycles. The van der Waals surface area contributed by atoms with Gasteiger partial charge in [0.2, 0.25) is 0 Å². The van der Waals surface area contributed by atoms with Crippen LogP contribution in [0.15, 0.2) is 59.1 Å². The number of nitrogens with zero attached hydrogens (tertiary/aromatic N) is 2. The predicted molar refractivity (Wildman–Crippen MR) is 139 cm³/mol. The highest BCUT2D eigenvalue weighted by Crippen LogP contribution is 2.45. The highest BCUT2D eigenvalue weighted by Gasteiger charge is 2.32. The molecule has 0 amide bonds. The van der Waals surface area contributed by atoms with Crippen molar-refractivity contribution in [2.75, 3.05) is 48.4 Å². The highest BCUT2D eigenvalue weighted by molar-refractivity contribution is 6.28. The maximum atomic E-state index is 13.7. The van der Waals surface area contributed by atoms with Crippen LogP contribution in [0.4, 0.5) is 22.7 Å². The third-order valence-electron chi connectivity index (χ3n) is 6.62. The molecule has 7 heteroatoms. The lowest BCUT2D eigenvalue weighted by atomic mass is 9.86. The number of carbonyl (C=O) groups is 1. The van der Waals surface area contributed by atoms with E-state index in [0.717, 1.165) is 60.9 Å². The summed E-state index contributed by atoms with van der Waals surface area (Å²) in [5.74, 6) is 1.07. The SMILES string of the molecule is CC(C)CNc1cc(Nc2ccc(N3CCOCC3)cc2)c2c3c(onc13)-c1ccccc1C2=O. The predicted octanol–water partition coefficient (Wildman–Crippen LogP) is 5.69. The molecule has 7 nitrogen and oxygen atoms in total. The molecule has 6 rings (SSSR count). The van der Waals surface area contributed by atoms with Crippen LogP contribution in [0.2, 0.25) is 0 Å². The minimum atomic E-state index is -0.0239. The largest absolute Gasteiger partial charge is 0.383 e. The Balaban J connectivity index is 1.43. The smallest absolute Gasteiger partial charge is 0.196 e. The minimum Gasteiger partial charge on any atom is -0.383 e. The van der Waals surface area contributed by atoms with Crippen molar-refractivity contribution >= 4 is 39.4 Å². The quantitative estimate of drug-likeness (QED) is 0.331. The Kier molecular flexibility index (Phi) is 5.41. The van der Waals surface area contributed by atoms with Gasteiger partial charge in [-0.1, -0.05) is 43.3 Å². The van der Waals surface area contributed by atoms with E-state index in [9.17, 15) is 4.79 Å². The van der Waals surface area contributed by atoms with E-state index in [1.54, 1.807) is 0 Å². The fraction of sp³-hybridized carbons (Fsp3) is 0.286. The van der Waals surface area contributed by atoms with Crippen LogP contribution in [0.5, 0.6) is 0 Å². The Morgan fingerprint density at radius 3 is 2.49 bits per heavy atom. The molecule has 0 spiro atoms. The number of rotatable bonds is 6. The molecule has 2 aliphatic rings. The van der Waals surface area contributed by atoms with Gasteiger partial charge in [-0.25, -0.2) is 0 Å². The molecule has 2 N–H and O–H groups in total. The molecular formula is C28H28N4O3. The van der Waals surface area contributed by atoms with Crippen LogP contribution in [-0.2, 0) is 4.74 Å². The van der Waals surface area contributed by atoms with E-state index >= 15 is 0 Å². The van der Waals surface area contributed by atoms with Crippen molar-refractivity contribution in [3.8, 4) is 11.3 Å². The number of benzene rings is 3. The summed E-state index contributed by atoms with van der Waals surface area (Å²) in [6, 6.07) is 17.9. The summed E-state index contributed by atoms with van der Waals surface area (Å²) in [6.07, 6.45) is 0. The molecule has 4 aromatic rings. The second-order valence-electron chi connectivity index (χ2n) is 9.50. The molecule has 2 heterocycles. The zero-order chi connectivity index (χ0) is 23.9. The third-order valence-corrected chi connectivity index (χ3v) is 6.62. The molecule has 1 aromatic heterocycles. The number of morpholine rings is 1. The van der Waals surface area contributed by atoms with Crippen LogP contribution < -0.4 is 15.5 Å². The van der Waals surface area contributed by atoms with Crippen LogP contribution in [-0.4, -0.2) is 43.8 Å². The molecule has 1 aliphatic carbocycles. The van der Waals surface area contributed by atoms with Gasteiger partial charge in [0.15, 0.2) is 11.5 Å². The Hall–Kier alpha value is -3.84. The Morgan fingerprint density at radius 2 is 1.74 bits per heavy atom. The van der Waals surface area contributed by atoms with E-state index in [4.69, 9.17) is 9.26 Å². The molecule has 3 aromatic carbocycles. The van der Waals surface area contributed by atoms with Gasteiger partial charge < -0.3 is 24.8 Å². The van der Waals surface area contributed by atoms with Crippen molar-refractivity contribution in [1.29, 1.82) is 0 Å². The average molecular weight is 469 g/mol. The topological polar surface area (TPSA) is 79.6 Å². The summed E-state index contributed by atoms with van der Waals surface area (Å²) in [5, 5.41) is 12.2. The normalized spacial score (nSPS) is 14.9. The van der Waals surface area contributed by atoms with Crippen molar-refractivity contribution in [3.63, 3.8) is 0 Å². The standard InChI is InChI=1S/C28H28N4O3/c1-17(2)16-29-23-15-22(30-18-7-9-19(10-8-18)32-11-13-34-14-12-32)24-25-26(23)31-35-28(25)21-6-4-3-5-20(21)27(24)33/h3-10,15,17,29-30H,11-14,16H2,1-2H3. The van der Waals surface area contributed by atoms with Crippen LogP contribution >= 0.6 is 0 Å². The lowest BCUT2D eigenvalue weighted by Crippen LogP contribution is -2.36. The first-order chi connectivity index (χ1) is 17.1. The van der Waals surface area contributed by atoms with Crippen molar-refractivity contribution in [2.24, 2.45) is 5.92 Å². The van der Waals surface area contributed by atoms with Crippen molar-refractivity contribution in [3.05, 3.63) is 65.7 Å². The van der Waals surface area contributed by atoms with Crippen molar-refractivity contribution < 1.29 is 14.1 Å². The van der Waals surface area contributed by atoms with E-state index in [-0.39, 0.29) is 5.78 Å². The van der Waals surface area contributed by atoms with Gasteiger partial charge in [0.25, 0.3) is 0 Å². The summed E-state index contributed by atoms with van der Waals surface area (Å²) >= 11 is 0. The zero-order valence-corrected chi connectivity index (χ0v) is 19.9. The van der Waals surface area contributed by atoms with Gasteiger partial charge in [0.05, 0.1) is 35.5 Å². The van der Waals surface area contributed by atoms with Crippen LogP contribution in [0, 0.1) is 5.92 Å². The number of carbonyl (C=O) groups excluding carboxylic acids is 1. The number of hydrogen-bond donors (Lipinski definition) is 2. The van der Waals surface area contributed by atoms with Gasteiger partial charge in [-0.05, 0) is 36.2 Å². The van der Waals surface area contributed by atoms with E-state index in [0.29, 0.717) is 28.3 Å². The summed E-state index contributed by atoms with van der Waals surface area (Å²) < 4.78 is 11.3. The highest BCUT2D eigenvalue weighted by atomic mass is 16.5. The number of nitrogens with one attached hydrogen (secondary N) is 2. The van der Waals surface area contributed by atoms with E-state index in [1.165, 1.54) is 5.69 Å². The number of fused-ring (bicyclic) bond motifs is 2. The van der Waals surface area contributed by atoms with Gasteiger partial charge in [-0.15, -0.1) is 0 Å². The third kappa shape index (κ3) is 3.82. The van der Waals surface area contributed by atoms with Gasteiger partial charge >= 0.3 is 0 Å². The van der Waals surface area contributed by atoms with Crippen LogP contribution in [0.1, 0.15) is 29.8 Å². The first-order valence-electron chi connectivity index (χ1n) is 12.1. The summed E-state index contributed by atoms with van der Waals surface area (Å²) in [7, 11) is 0. The van der Waals surface area contributed by atoms with Crippen molar-refractivity contribution in [1.82, 2.24) is 5.16 Å². The Morgan fingerprint density at radius 1 is 1.00 bits per heavy atom. The van der Waals surface area contributed by atoms with E-state index < -0.39 is 0 Å². The monoisotopic (exact) mass is 468 g/mol. The first kappa shape index (κ1) is 21.7. The van der Waals surface area contributed by atoms with Gasteiger partial charge in [-0.3, -0.25) is 4.79 Å². The van der Waals surface area contributed by atoms with Gasteiger partial charge in [0, 0.05) is 42.1 Å². The molecule has 35 heavy (non-hydrogen) atoms. The molecule has 178 valence electrons. The van der Waals surface area contributed by atoms with Crippen LogP contribution in [0.3, 0.4) is 0 Å². The minimum absolute atomic E-state index is 0.0239. The molecule has 0 unspecified atom stereocenters. The lowest BCUT2D eigenvalue weighted by Gasteiger charge is -2.29. The molecule has 0 radical (unpaired) electrons. The maximum Gasteiger partial charge on any atom is 0.196 e. The zero-order valence-electron chi connectivity index (χ0n) is 19.9. The lowest BCUT2D eigenvalue weighted by molar-refractivity contribution is 0.104. The number of ketones is 1. The fourth-order valence-electron chi connectivity index (χ4n) is 4.84. The number of aromatic nitrogens is 1. The van der Waals surface area contributed by atoms with E-state index in [1.807, 2.05) is 30.3 Å². The second kappa shape index (κ2) is 8.74. The van der Waals surface area contributed by atoms with Crippen LogP contribution in [0.25, 0.3) is 22.2 Å². The number of anilines is 4. The molecule has 0 bridgehead atoms. The first-order valence-corrected chi connectivity index (χ1v) is 12.1. The molecule has 1 aliphatic heterocycles. The Labute approximate surface area is 204 Å². The summed E-state index contributed by atoms with van der Waals surface area (Å²) in [6.45, 7) is 8.39. The Bertz CT molecular complexity index is 1400. The maximum absolute atomic E-state index is 13.7. The fourth-order valence-corrected chi connectivity index (χ4v) is 4.84. The second-order valence-corrected chi connectivity index (χ2v) is 9.50. The molecule has 1 saturated heterocycles. The van der Waals surface area contributed by atoms with Gasteiger partial charge in [-0.2, -0.15) is 0 Å². The van der Waals surface area contributed by atoms with E-state index in [2.05, 4.69) is 58.8 Å².